The van der Waals surface area contributed by atoms with Crippen molar-refractivity contribution in [3.05, 3.63) is 116 Å². The van der Waals surface area contributed by atoms with Crippen LogP contribution in [-0.2, 0) is 6.61 Å². The summed E-state index contributed by atoms with van der Waals surface area (Å²) in [7, 11) is 2.98. The lowest BCUT2D eigenvalue weighted by Gasteiger charge is -2.15. The Morgan fingerprint density at radius 1 is 1.00 bits per heavy atom. The standard InChI is InChI=1S/C33H24BrN3O7/c1-41-27-13-20(14-28(42-2)30(27)43-18-19-6-5-7-21(12-19)33(39)40)17-35-37-31(36-25-9-4-3-8-24(25)32(37)38)29-16-22-15-23(34)10-11-26(22)44-29/h3-17H,18H2,1-2H3,(H,39,40). The molecule has 6 rings (SSSR count). The highest BCUT2D eigenvalue weighted by atomic mass is 79.9. The number of nitrogens with zero attached hydrogens (tertiary/aromatic N) is 3. The maximum atomic E-state index is 13.7. The van der Waals surface area contributed by atoms with Crippen molar-refractivity contribution in [3.63, 3.8) is 0 Å². The Hall–Kier alpha value is -5.42. The van der Waals surface area contributed by atoms with Gasteiger partial charge in [0, 0.05) is 15.4 Å². The number of aromatic carboxylic acids is 1. The van der Waals surface area contributed by atoms with Crippen LogP contribution in [0.5, 0.6) is 17.2 Å². The molecule has 0 aliphatic heterocycles. The molecule has 0 unspecified atom stereocenters. The number of aromatic nitrogens is 2. The minimum absolute atomic E-state index is 0.0802. The number of rotatable bonds is 9. The van der Waals surface area contributed by atoms with Gasteiger partial charge >= 0.3 is 5.97 Å². The Morgan fingerprint density at radius 3 is 2.52 bits per heavy atom. The lowest BCUT2D eigenvalue weighted by molar-refractivity contribution is 0.0696. The third-order valence-electron chi connectivity index (χ3n) is 6.81. The summed E-state index contributed by atoms with van der Waals surface area (Å²) in [6, 6.07) is 24.3. The fraction of sp³-hybridized carbons (Fsp3) is 0.0909. The number of carbonyl (C=O) groups is 1. The fourth-order valence-corrected chi connectivity index (χ4v) is 5.08. The minimum Gasteiger partial charge on any atom is -0.493 e. The van der Waals surface area contributed by atoms with Crippen LogP contribution in [0.2, 0.25) is 0 Å². The maximum Gasteiger partial charge on any atom is 0.335 e. The topological polar surface area (TPSA) is 125 Å². The van der Waals surface area contributed by atoms with Crippen molar-refractivity contribution >= 4 is 50.0 Å². The number of methoxy groups -OCH3 is 2. The summed E-state index contributed by atoms with van der Waals surface area (Å²) in [6.07, 6.45) is 1.49. The molecule has 6 aromatic rings. The molecule has 0 bridgehead atoms. The molecule has 2 heterocycles. The first-order valence-electron chi connectivity index (χ1n) is 13.3. The van der Waals surface area contributed by atoms with Crippen LogP contribution in [0, 0.1) is 0 Å². The quantitative estimate of drug-likeness (QED) is 0.170. The zero-order valence-electron chi connectivity index (χ0n) is 23.5. The molecule has 0 aliphatic rings. The predicted molar refractivity (Wildman–Crippen MR) is 169 cm³/mol. The zero-order chi connectivity index (χ0) is 30.8. The Balaban J connectivity index is 1.39. The maximum absolute atomic E-state index is 13.7. The number of hydrogen-bond acceptors (Lipinski definition) is 8. The van der Waals surface area contributed by atoms with Crippen LogP contribution in [0.4, 0.5) is 0 Å². The van der Waals surface area contributed by atoms with Gasteiger partial charge in [0.2, 0.25) is 11.6 Å². The molecule has 10 nitrogen and oxygen atoms in total. The summed E-state index contributed by atoms with van der Waals surface area (Å²) < 4.78 is 25.3. The number of fused-ring (bicyclic) bond motifs is 2. The van der Waals surface area contributed by atoms with Gasteiger partial charge in [0.05, 0.1) is 36.9 Å². The van der Waals surface area contributed by atoms with Crippen LogP contribution in [0.1, 0.15) is 21.5 Å². The molecule has 2 aromatic heterocycles. The Labute approximate surface area is 258 Å². The van der Waals surface area contributed by atoms with Gasteiger partial charge in [-0.25, -0.2) is 9.78 Å². The van der Waals surface area contributed by atoms with Crippen LogP contribution in [-0.4, -0.2) is 41.2 Å². The van der Waals surface area contributed by atoms with Crippen molar-refractivity contribution in [1.29, 1.82) is 0 Å². The van der Waals surface area contributed by atoms with Crippen molar-refractivity contribution in [2.45, 2.75) is 6.61 Å². The Kier molecular flexibility index (Phi) is 7.86. The Bertz CT molecular complexity index is 2110. The third kappa shape index (κ3) is 5.64. The van der Waals surface area contributed by atoms with Gasteiger partial charge in [-0.05, 0) is 66.2 Å². The number of para-hydroxylation sites is 1. The molecule has 0 atom stereocenters. The van der Waals surface area contributed by atoms with E-state index in [0.29, 0.717) is 50.6 Å². The smallest absolute Gasteiger partial charge is 0.335 e. The first-order chi connectivity index (χ1) is 21.3. The van der Waals surface area contributed by atoms with Crippen molar-refractivity contribution in [2.75, 3.05) is 14.2 Å². The fourth-order valence-electron chi connectivity index (χ4n) is 4.71. The van der Waals surface area contributed by atoms with E-state index in [1.165, 1.54) is 37.2 Å². The number of hydrogen-bond donors (Lipinski definition) is 1. The molecule has 4 aromatic carbocycles. The zero-order valence-corrected chi connectivity index (χ0v) is 25.1. The van der Waals surface area contributed by atoms with Gasteiger partial charge in [0.15, 0.2) is 17.3 Å². The van der Waals surface area contributed by atoms with E-state index in [2.05, 4.69) is 21.0 Å². The van der Waals surface area contributed by atoms with Crippen LogP contribution >= 0.6 is 15.9 Å². The molecule has 0 saturated heterocycles. The highest BCUT2D eigenvalue weighted by Crippen LogP contribution is 2.39. The number of ether oxygens (including phenoxy) is 3. The van der Waals surface area contributed by atoms with Gasteiger partial charge < -0.3 is 23.7 Å². The SMILES string of the molecule is COc1cc(C=Nn2c(-c3cc4cc(Br)ccc4o3)nc3ccccc3c2=O)cc(OC)c1OCc1cccc(C(=O)O)c1. The average Bonchev–Trinajstić information content (AvgIpc) is 3.46. The number of carboxylic acids is 1. The van der Waals surface area contributed by atoms with Gasteiger partial charge in [-0.3, -0.25) is 4.79 Å². The largest absolute Gasteiger partial charge is 0.493 e. The molecular formula is C33H24BrN3O7. The summed E-state index contributed by atoms with van der Waals surface area (Å²) in [6.45, 7) is 0.0802. The van der Waals surface area contributed by atoms with E-state index in [0.717, 1.165) is 9.86 Å². The highest BCUT2D eigenvalue weighted by molar-refractivity contribution is 9.10. The van der Waals surface area contributed by atoms with Crippen LogP contribution in [0.15, 0.2) is 104 Å². The second-order valence-electron chi connectivity index (χ2n) is 9.66. The molecule has 0 aliphatic carbocycles. The van der Waals surface area contributed by atoms with Crippen molar-refractivity contribution < 1.29 is 28.5 Å². The summed E-state index contributed by atoms with van der Waals surface area (Å²) >= 11 is 3.48. The van der Waals surface area contributed by atoms with Gasteiger partial charge in [0.1, 0.15) is 12.2 Å². The van der Waals surface area contributed by atoms with Gasteiger partial charge in [0.25, 0.3) is 5.56 Å². The molecule has 1 N–H and O–H groups in total. The molecule has 44 heavy (non-hydrogen) atoms. The predicted octanol–water partition coefficient (Wildman–Crippen LogP) is 6.75. The molecule has 0 spiro atoms. The number of halogens is 1. The summed E-state index contributed by atoms with van der Waals surface area (Å²) in [4.78, 5) is 29.7. The average molecular weight is 654 g/mol. The van der Waals surface area contributed by atoms with E-state index in [1.54, 1.807) is 42.5 Å². The molecule has 11 heteroatoms. The first-order valence-corrected chi connectivity index (χ1v) is 14.1. The van der Waals surface area contributed by atoms with Crippen molar-refractivity contribution in [1.82, 2.24) is 9.66 Å². The van der Waals surface area contributed by atoms with Crippen molar-refractivity contribution in [2.24, 2.45) is 5.10 Å². The van der Waals surface area contributed by atoms with E-state index in [1.807, 2.05) is 30.3 Å². The Morgan fingerprint density at radius 2 is 1.77 bits per heavy atom. The van der Waals surface area contributed by atoms with E-state index in [4.69, 9.17) is 23.6 Å². The monoisotopic (exact) mass is 653 g/mol. The normalized spacial score (nSPS) is 11.3. The lowest BCUT2D eigenvalue weighted by Crippen LogP contribution is -2.20. The third-order valence-corrected chi connectivity index (χ3v) is 7.31. The minimum atomic E-state index is -1.03. The first kappa shape index (κ1) is 28.7. The summed E-state index contributed by atoms with van der Waals surface area (Å²) in [5.41, 5.74) is 2.16. The van der Waals surface area contributed by atoms with Crippen LogP contribution in [0.3, 0.4) is 0 Å². The number of furan rings is 1. The molecule has 0 amide bonds. The molecule has 220 valence electrons. The van der Waals surface area contributed by atoms with E-state index in [-0.39, 0.29) is 23.6 Å². The van der Waals surface area contributed by atoms with Crippen LogP contribution < -0.4 is 19.8 Å². The summed E-state index contributed by atoms with van der Waals surface area (Å²) in [5, 5.41) is 15.1. The van der Waals surface area contributed by atoms with Gasteiger partial charge in [-0.15, -0.1) is 0 Å². The highest BCUT2D eigenvalue weighted by Gasteiger charge is 2.18. The van der Waals surface area contributed by atoms with E-state index in [9.17, 15) is 14.7 Å². The number of benzene rings is 4. The van der Waals surface area contributed by atoms with Gasteiger partial charge in [-0.2, -0.15) is 9.78 Å². The lowest BCUT2D eigenvalue weighted by atomic mass is 10.1. The second kappa shape index (κ2) is 12.1. The second-order valence-corrected chi connectivity index (χ2v) is 10.6. The molecule has 0 fully saturated rings. The number of carboxylic acid groups (broad SMARTS) is 1. The van der Waals surface area contributed by atoms with E-state index >= 15 is 0 Å². The van der Waals surface area contributed by atoms with Crippen molar-refractivity contribution in [3.8, 4) is 28.8 Å². The molecular weight excluding hydrogens is 630 g/mol. The van der Waals surface area contributed by atoms with Crippen LogP contribution in [0.25, 0.3) is 33.5 Å². The van der Waals surface area contributed by atoms with E-state index < -0.39 is 5.97 Å². The van der Waals surface area contributed by atoms with Gasteiger partial charge in [-0.1, -0.05) is 40.2 Å². The molecule has 0 radical (unpaired) electrons. The molecule has 0 saturated carbocycles. The summed E-state index contributed by atoms with van der Waals surface area (Å²) in [5.74, 6) is 0.623.